The van der Waals surface area contributed by atoms with Crippen molar-refractivity contribution < 1.29 is 14.3 Å². The van der Waals surface area contributed by atoms with Crippen molar-refractivity contribution in [2.75, 3.05) is 32.8 Å². The van der Waals surface area contributed by atoms with Crippen LogP contribution in [0.25, 0.3) is 0 Å². The maximum absolute atomic E-state index is 12.9. The lowest BCUT2D eigenvalue weighted by atomic mass is 9.94. The Morgan fingerprint density at radius 1 is 1.33 bits per heavy atom. The molecule has 6 nitrogen and oxygen atoms in total. The number of nitrogens with zero attached hydrogens (tertiary/aromatic N) is 1. The minimum absolute atomic E-state index is 0.0112. The van der Waals surface area contributed by atoms with Crippen molar-refractivity contribution in [2.24, 2.45) is 11.7 Å². The van der Waals surface area contributed by atoms with E-state index in [1.807, 2.05) is 18.2 Å². The van der Waals surface area contributed by atoms with E-state index in [-0.39, 0.29) is 17.7 Å². The summed E-state index contributed by atoms with van der Waals surface area (Å²) >= 11 is 0. The Balaban J connectivity index is 1.68. The average Bonchev–Trinajstić information content (AvgIpc) is 2.65. The quantitative estimate of drug-likeness (QED) is 0.847. The van der Waals surface area contributed by atoms with E-state index in [1.165, 1.54) is 5.56 Å². The fourth-order valence-electron chi connectivity index (χ4n) is 3.50. The van der Waals surface area contributed by atoms with Crippen LogP contribution in [-0.4, -0.2) is 49.5 Å². The molecule has 2 aliphatic rings. The summed E-state index contributed by atoms with van der Waals surface area (Å²) in [6, 6.07) is 7.95. The van der Waals surface area contributed by atoms with Gasteiger partial charge in [0.15, 0.2) is 6.10 Å². The Hall–Kier alpha value is -1.92. The standard InChI is InChI=1S/C18H25N3O3/c19-8-9-20-17(22)14-5-3-10-21(12-14)18(23)16-15-6-2-1-4-13(15)7-11-24-16/h1-2,4,6,14,16H,3,5,7-12,19H2,(H,20,22). The van der Waals surface area contributed by atoms with E-state index in [1.54, 1.807) is 4.90 Å². The fourth-order valence-corrected chi connectivity index (χ4v) is 3.50. The van der Waals surface area contributed by atoms with Gasteiger partial charge < -0.3 is 20.7 Å². The second-order valence-electron chi connectivity index (χ2n) is 6.40. The molecule has 1 aromatic rings. The number of ether oxygens (including phenoxy) is 1. The molecule has 2 heterocycles. The molecular weight excluding hydrogens is 306 g/mol. The van der Waals surface area contributed by atoms with Crippen molar-refractivity contribution in [2.45, 2.75) is 25.4 Å². The molecule has 2 atom stereocenters. The molecule has 6 heteroatoms. The van der Waals surface area contributed by atoms with Gasteiger partial charge in [0.05, 0.1) is 12.5 Å². The highest BCUT2D eigenvalue weighted by molar-refractivity contribution is 5.85. The first-order valence-electron chi connectivity index (χ1n) is 8.66. The average molecular weight is 331 g/mol. The van der Waals surface area contributed by atoms with Gasteiger partial charge in [-0.25, -0.2) is 0 Å². The van der Waals surface area contributed by atoms with Crippen LogP contribution in [-0.2, 0) is 20.7 Å². The summed E-state index contributed by atoms with van der Waals surface area (Å²) in [7, 11) is 0. The molecule has 2 unspecified atom stereocenters. The first-order chi connectivity index (χ1) is 11.7. The van der Waals surface area contributed by atoms with Gasteiger partial charge in [-0.2, -0.15) is 0 Å². The van der Waals surface area contributed by atoms with Gasteiger partial charge in [0.25, 0.3) is 5.91 Å². The van der Waals surface area contributed by atoms with Gasteiger partial charge in [-0.1, -0.05) is 24.3 Å². The minimum Gasteiger partial charge on any atom is -0.363 e. The van der Waals surface area contributed by atoms with Crippen LogP contribution in [0.15, 0.2) is 24.3 Å². The molecular formula is C18H25N3O3. The molecule has 0 aromatic heterocycles. The highest BCUT2D eigenvalue weighted by Gasteiger charge is 2.34. The lowest BCUT2D eigenvalue weighted by Crippen LogP contribution is -2.48. The molecule has 0 radical (unpaired) electrons. The van der Waals surface area contributed by atoms with Crippen LogP contribution < -0.4 is 11.1 Å². The van der Waals surface area contributed by atoms with E-state index in [9.17, 15) is 9.59 Å². The fraction of sp³-hybridized carbons (Fsp3) is 0.556. The normalized spacial score (nSPS) is 23.5. The first-order valence-corrected chi connectivity index (χ1v) is 8.66. The maximum Gasteiger partial charge on any atom is 0.256 e. The Morgan fingerprint density at radius 3 is 3.00 bits per heavy atom. The van der Waals surface area contributed by atoms with Crippen LogP contribution in [0.5, 0.6) is 0 Å². The SMILES string of the molecule is NCCNC(=O)C1CCCN(C(=O)C2OCCc3ccccc32)C1. The topological polar surface area (TPSA) is 84.7 Å². The number of nitrogens with one attached hydrogen (secondary N) is 1. The van der Waals surface area contributed by atoms with Crippen LogP contribution >= 0.6 is 0 Å². The molecule has 2 aliphatic heterocycles. The number of fused-ring (bicyclic) bond motifs is 1. The summed E-state index contributed by atoms with van der Waals surface area (Å²) in [5.41, 5.74) is 7.57. The Labute approximate surface area is 142 Å². The molecule has 1 saturated heterocycles. The molecule has 130 valence electrons. The second kappa shape index (κ2) is 7.77. The molecule has 0 saturated carbocycles. The summed E-state index contributed by atoms with van der Waals surface area (Å²) in [6.45, 7) is 2.59. The number of hydrogen-bond acceptors (Lipinski definition) is 4. The van der Waals surface area contributed by atoms with Crippen LogP contribution in [0.2, 0.25) is 0 Å². The van der Waals surface area contributed by atoms with Gasteiger partial charge in [-0.15, -0.1) is 0 Å². The van der Waals surface area contributed by atoms with Crippen molar-refractivity contribution in [3.05, 3.63) is 35.4 Å². The largest absolute Gasteiger partial charge is 0.363 e. The zero-order chi connectivity index (χ0) is 16.9. The first kappa shape index (κ1) is 16.9. The number of nitrogens with two attached hydrogens (primary N) is 1. The number of hydrogen-bond donors (Lipinski definition) is 2. The van der Waals surface area contributed by atoms with Crippen LogP contribution in [0.1, 0.15) is 30.1 Å². The van der Waals surface area contributed by atoms with Gasteiger partial charge in [0.2, 0.25) is 5.91 Å². The van der Waals surface area contributed by atoms with E-state index in [0.717, 1.165) is 24.8 Å². The number of benzene rings is 1. The van der Waals surface area contributed by atoms with E-state index in [0.29, 0.717) is 32.8 Å². The zero-order valence-corrected chi connectivity index (χ0v) is 13.9. The molecule has 3 N–H and O–H groups in total. The van der Waals surface area contributed by atoms with Gasteiger partial charge in [-0.3, -0.25) is 9.59 Å². The molecule has 0 aliphatic carbocycles. The van der Waals surface area contributed by atoms with Crippen LogP contribution in [0, 0.1) is 5.92 Å². The molecule has 0 spiro atoms. The summed E-state index contributed by atoms with van der Waals surface area (Å²) in [5, 5.41) is 2.82. The zero-order valence-electron chi connectivity index (χ0n) is 13.9. The van der Waals surface area contributed by atoms with Crippen molar-refractivity contribution in [1.29, 1.82) is 0 Å². The Bertz CT molecular complexity index is 605. The number of piperidine rings is 1. The number of amides is 2. The summed E-state index contributed by atoms with van der Waals surface area (Å²) < 4.78 is 5.77. The van der Waals surface area contributed by atoms with E-state index in [4.69, 9.17) is 10.5 Å². The van der Waals surface area contributed by atoms with Crippen molar-refractivity contribution in [3.8, 4) is 0 Å². The summed E-state index contributed by atoms with van der Waals surface area (Å²) in [5.74, 6) is -0.200. The lowest BCUT2D eigenvalue weighted by Gasteiger charge is -2.35. The van der Waals surface area contributed by atoms with Gasteiger partial charge >= 0.3 is 0 Å². The molecule has 0 bridgehead atoms. The summed E-state index contributed by atoms with van der Waals surface area (Å²) in [4.78, 5) is 26.9. The Kier molecular flexibility index (Phi) is 5.48. The van der Waals surface area contributed by atoms with Gasteiger partial charge in [0.1, 0.15) is 0 Å². The summed E-state index contributed by atoms with van der Waals surface area (Å²) in [6.07, 6.45) is 1.94. The second-order valence-corrected chi connectivity index (χ2v) is 6.40. The van der Waals surface area contributed by atoms with Crippen molar-refractivity contribution in [1.82, 2.24) is 10.2 Å². The van der Waals surface area contributed by atoms with Crippen molar-refractivity contribution >= 4 is 11.8 Å². The van der Waals surface area contributed by atoms with Gasteiger partial charge in [0, 0.05) is 26.2 Å². The maximum atomic E-state index is 12.9. The monoisotopic (exact) mass is 331 g/mol. The molecule has 3 rings (SSSR count). The third kappa shape index (κ3) is 3.60. The smallest absolute Gasteiger partial charge is 0.256 e. The van der Waals surface area contributed by atoms with E-state index < -0.39 is 6.10 Å². The number of carbonyl (C=O) groups excluding carboxylic acids is 2. The van der Waals surface area contributed by atoms with Gasteiger partial charge in [-0.05, 0) is 30.4 Å². The molecule has 1 aromatic carbocycles. The van der Waals surface area contributed by atoms with Crippen LogP contribution in [0.4, 0.5) is 0 Å². The number of rotatable bonds is 4. The lowest BCUT2D eigenvalue weighted by molar-refractivity contribution is -0.148. The third-order valence-electron chi connectivity index (χ3n) is 4.77. The van der Waals surface area contributed by atoms with Crippen molar-refractivity contribution in [3.63, 3.8) is 0 Å². The molecule has 1 fully saturated rings. The number of likely N-dealkylation sites (tertiary alicyclic amines) is 1. The highest BCUT2D eigenvalue weighted by Crippen LogP contribution is 2.30. The predicted molar refractivity (Wildman–Crippen MR) is 90.2 cm³/mol. The van der Waals surface area contributed by atoms with E-state index in [2.05, 4.69) is 11.4 Å². The Morgan fingerprint density at radius 2 is 2.17 bits per heavy atom. The minimum atomic E-state index is -0.541. The molecule has 24 heavy (non-hydrogen) atoms. The molecule has 2 amide bonds. The predicted octanol–water partition coefficient (Wildman–Crippen LogP) is 0.614. The number of carbonyl (C=O) groups is 2. The highest BCUT2D eigenvalue weighted by atomic mass is 16.5. The van der Waals surface area contributed by atoms with E-state index >= 15 is 0 Å². The van der Waals surface area contributed by atoms with Crippen LogP contribution in [0.3, 0.4) is 0 Å². The third-order valence-corrected chi connectivity index (χ3v) is 4.77.